The molecule has 1 heterocycles. The molecule has 3 amide bonds. The van der Waals surface area contributed by atoms with E-state index in [2.05, 4.69) is 10.6 Å². The predicted molar refractivity (Wildman–Crippen MR) is 126 cm³/mol. The van der Waals surface area contributed by atoms with E-state index in [1.807, 2.05) is 31.2 Å². The average molecular weight is 477 g/mol. The number of nitrogens with zero attached hydrogens (tertiary/aromatic N) is 1. The van der Waals surface area contributed by atoms with Gasteiger partial charge in [0.2, 0.25) is 0 Å². The van der Waals surface area contributed by atoms with Crippen molar-refractivity contribution in [3.05, 3.63) is 71.2 Å². The Kier molecular flexibility index (Phi) is 9.14. The first-order valence-corrected chi connectivity index (χ1v) is 10.2. The Bertz CT molecular complexity index is 1170. The third-order valence-corrected chi connectivity index (χ3v) is 5.32. The molecule has 0 aliphatic carbocycles. The molecule has 10 heteroatoms. The van der Waals surface area contributed by atoms with E-state index < -0.39 is 48.0 Å². The van der Waals surface area contributed by atoms with Crippen molar-refractivity contribution in [3.8, 4) is 11.1 Å². The molecule has 34 heavy (non-hydrogen) atoms. The van der Waals surface area contributed by atoms with Crippen molar-refractivity contribution in [1.82, 2.24) is 15.5 Å². The van der Waals surface area contributed by atoms with E-state index in [1.54, 1.807) is 6.07 Å². The number of halogens is 1. The number of ketones is 1. The molecule has 0 spiro atoms. The van der Waals surface area contributed by atoms with Crippen molar-refractivity contribution < 1.29 is 28.7 Å². The van der Waals surface area contributed by atoms with Crippen LogP contribution in [-0.4, -0.2) is 76.3 Å². The van der Waals surface area contributed by atoms with Crippen LogP contribution >= 0.6 is 0 Å². The second kappa shape index (κ2) is 11.4. The van der Waals surface area contributed by atoms with Crippen LogP contribution in [-0.2, 0) is 14.4 Å². The fourth-order valence-corrected chi connectivity index (χ4v) is 3.65. The van der Waals surface area contributed by atoms with Crippen molar-refractivity contribution in [2.45, 2.75) is 32.4 Å². The molecule has 3 N–H and O–H groups in total. The van der Waals surface area contributed by atoms with Gasteiger partial charge in [0.05, 0.1) is 12.5 Å². The van der Waals surface area contributed by atoms with Gasteiger partial charge in [-0.25, -0.2) is 9.18 Å². The summed E-state index contributed by atoms with van der Waals surface area (Å²) in [5.41, 5.74) is 2.70. The topological polar surface area (TPSA) is 116 Å². The van der Waals surface area contributed by atoms with Gasteiger partial charge in [0, 0.05) is 24.4 Å². The van der Waals surface area contributed by atoms with Crippen LogP contribution in [0.15, 0.2) is 54.2 Å². The SMILES string of the molecule is CC1=CN(C)C(=O)C(NC(=O)NC(CC(=O)O)c2cc(-c3cccc(C)c3)ccc2F)C1=O.[NaH]. The average Bonchev–Trinajstić information content (AvgIpc) is 2.75. The molecule has 0 saturated heterocycles. The molecule has 2 aromatic carbocycles. The molecule has 2 atom stereocenters. The van der Waals surface area contributed by atoms with E-state index in [9.17, 15) is 28.7 Å². The van der Waals surface area contributed by atoms with Gasteiger partial charge in [-0.2, -0.15) is 0 Å². The van der Waals surface area contributed by atoms with Crippen molar-refractivity contribution in [2.75, 3.05) is 7.05 Å². The number of carbonyl (C=O) groups is 4. The summed E-state index contributed by atoms with van der Waals surface area (Å²) in [5, 5.41) is 14.0. The standard InChI is InChI=1S/C24H24FN3O5.Na.H/c1-13-5-4-6-15(9-13)16-7-8-18(25)17(10-16)19(11-20(29)30)26-24(33)27-21-22(31)14(2)12-28(3)23(21)32;;/h4-10,12,19,21H,11H2,1-3H3,(H,29,30)(H2,26,27,33);;. The van der Waals surface area contributed by atoms with Crippen molar-refractivity contribution in [1.29, 1.82) is 0 Å². The number of likely N-dealkylation sites (N-methyl/N-ethyl adjacent to an activating group) is 1. The van der Waals surface area contributed by atoms with E-state index >= 15 is 0 Å². The number of carboxylic acids is 1. The number of amides is 3. The third-order valence-electron chi connectivity index (χ3n) is 5.32. The number of benzene rings is 2. The van der Waals surface area contributed by atoms with Crippen LogP contribution in [0.2, 0.25) is 0 Å². The molecular weight excluding hydrogens is 452 g/mol. The van der Waals surface area contributed by atoms with Gasteiger partial charge in [-0.3, -0.25) is 14.4 Å². The summed E-state index contributed by atoms with van der Waals surface area (Å²) in [6, 6.07) is 8.10. The minimum atomic E-state index is -1.45. The second-order valence-electron chi connectivity index (χ2n) is 7.93. The van der Waals surface area contributed by atoms with Crippen LogP contribution in [0, 0.1) is 12.7 Å². The Morgan fingerprint density at radius 2 is 1.79 bits per heavy atom. The minimum absolute atomic E-state index is 0. The second-order valence-corrected chi connectivity index (χ2v) is 7.93. The molecule has 8 nitrogen and oxygen atoms in total. The number of urea groups is 1. The number of hydrogen-bond donors (Lipinski definition) is 3. The quantitative estimate of drug-likeness (QED) is 0.436. The van der Waals surface area contributed by atoms with Crippen LogP contribution < -0.4 is 10.6 Å². The Morgan fingerprint density at radius 3 is 2.44 bits per heavy atom. The molecule has 0 aromatic heterocycles. The molecule has 1 aliphatic heterocycles. The first kappa shape index (κ1) is 27.2. The van der Waals surface area contributed by atoms with Crippen LogP contribution in [0.3, 0.4) is 0 Å². The number of hydrogen-bond acceptors (Lipinski definition) is 4. The molecule has 0 radical (unpaired) electrons. The number of aliphatic carboxylic acids is 1. The summed E-state index contributed by atoms with van der Waals surface area (Å²) in [7, 11) is 1.45. The Morgan fingerprint density at radius 1 is 1.12 bits per heavy atom. The third kappa shape index (κ3) is 6.31. The molecule has 0 saturated carbocycles. The summed E-state index contributed by atoms with van der Waals surface area (Å²) in [6.07, 6.45) is 0.757. The normalized spacial score (nSPS) is 16.3. The van der Waals surface area contributed by atoms with Gasteiger partial charge in [-0.05, 0) is 37.1 Å². The van der Waals surface area contributed by atoms with Crippen LogP contribution in [0.25, 0.3) is 11.1 Å². The molecule has 2 aromatic rings. The monoisotopic (exact) mass is 477 g/mol. The fourth-order valence-electron chi connectivity index (χ4n) is 3.65. The fraction of sp³-hybridized carbons (Fsp3) is 0.250. The molecule has 2 unspecified atom stereocenters. The predicted octanol–water partition coefficient (Wildman–Crippen LogP) is 2.28. The van der Waals surface area contributed by atoms with E-state index in [0.717, 1.165) is 11.1 Å². The van der Waals surface area contributed by atoms with Gasteiger partial charge in [0.1, 0.15) is 5.82 Å². The maximum absolute atomic E-state index is 14.7. The van der Waals surface area contributed by atoms with Gasteiger partial charge in [0.15, 0.2) is 11.8 Å². The summed E-state index contributed by atoms with van der Waals surface area (Å²) in [6.45, 7) is 3.42. The number of aryl methyl sites for hydroxylation is 1. The van der Waals surface area contributed by atoms with Crippen LogP contribution in [0.4, 0.5) is 9.18 Å². The van der Waals surface area contributed by atoms with E-state index in [0.29, 0.717) is 5.56 Å². The van der Waals surface area contributed by atoms with Gasteiger partial charge in [-0.15, -0.1) is 0 Å². The Hall–Kier alpha value is -3.01. The van der Waals surface area contributed by atoms with Gasteiger partial charge < -0.3 is 20.6 Å². The Balaban J connectivity index is 0.00000408. The molecule has 0 fully saturated rings. The van der Waals surface area contributed by atoms with Crippen molar-refractivity contribution in [2.24, 2.45) is 0 Å². The zero-order chi connectivity index (χ0) is 24.3. The Labute approximate surface area is 218 Å². The van der Waals surface area contributed by atoms with Gasteiger partial charge in [-0.1, -0.05) is 35.9 Å². The summed E-state index contributed by atoms with van der Waals surface area (Å²) < 4.78 is 14.7. The first-order valence-electron chi connectivity index (χ1n) is 10.2. The van der Waals surface area contributed by atoms with Crippen LogP contribution in [0.5, 0.6) is 0 Å². The summed E-state index contributed by atoms with van der Waals surface area (Å²) >= 11 is 0. The molecule has 1 aliphatic rings. The number of nitrogens with one attached hydrogen (secondary N) is 2. The van der Waals surface area contributed by atoms with Crippen LogP contribution in [0.1, 0.15) is 30.5 Å². The summed E-state index contributed by atoms with van der Waals surface area (Å²) in [4.78, 5) is 49.9. The number of carbonyl (C=O) groups excluding carboxylic acids is 3. The van der Waals surface area contributed by atoms with E-state index in [-0.39, 0.29) is 40.7 Å². The summed E-state index contributed by atoms with van der Waals surface area (Å²) in [5.74, 6) is -3.16. The van der Waals surface area contributed by atoms with Crippen molar-refractivity contribution >= 4 is 53.2 Å². The molecule has 0 bridgehead atoms. The van der Waals surface area contributed by atoms with Crippen molar-refractivity contribution in [3.63, 3.8) is 0 Å². The number of Topliss-reactive ketones (excluding diaryl/α,β-unsaturated/α-hetero) is 1. The molecule has 3 rings (SSSR count). The molecular formula is C24H25FN3NaO5. The van der Waals surface area contributed by atoms with Gasteiger partial charge >= 0.3 is 41.6 Å². The first-order chi connectivity index (χ1) is 15.6. The van der Waals surface area contributed by atoms with Gasteiger partial charge in [0.25, 0.3) is 5.91 Å². The number of rotatable bonds is 6. The maximum atomic E-state index is 14.7. The molecule has 174 valence electrons. The number of carboxylic acid groups (broad SMARTS) is 1. The zero-order valence-electron chi connectivity index (χ0n) is 18.4. The van der Waals surface area contributed by atoms with E-state index in [4.69, 9.17) is 0 Å². The van der Waals surface area contributed by atoms with E-state index in [1.165, 1.54) is 37.2 Å². The zero-order valence-corrected chi connectivity index (χ0v) is 18.4.